The first-order chi connectivity index (χ1) is 7.25. The third-order valence-corrected chi connectivity index (χ3v) is 2.21. The van der Waals surface area contributed by atoms with Crippen LogP contribution in [0.25, 0.3) is 0 Å². The minimum atomic E-state index is -0.283. The fraction of sp³-hybridized carbons (Fsp3) is 0.273. The van der Waals surface area contributed by atoms with E-state index < -0.39 is 0 Å². The number of amides is 1. The highest BCUT2D eigenvalue weighted by molar-refractivity contribution is 5.84. The third kappa shape index (κ3) is 2.87. The number of benzene rings is 1. The smallest absolute Gasteiger partial charge is 0.243 e. The maximum absolute atomic E-state index is 12.5. The molecule has 0 aliphatic heterocycles. The van der Waals surface area contributed by atoms with Crippen LogP contribution >= 0.6 is 0 Å². The molecule has 0 saturated heterocycles. The van der Waals surface area contributed by atoms with E-state index in [4.69, 9.17) is 0 Å². The van der Waals surface area contributed by atoms with Crippen LogP contribution in [0, 0.1) is 11.7 Å². The summed E-state index contributed by atoms with van der Waals surface area (Å²) in [7, 11) is 0. The summed E-state index contributed by atoms with van der Waals surface area (Å²) in [4.78, 5) is 11.2. The lowest BCUT2D eigenvalue weighted by Crippen LogP contribution is -2.18. The minimum absolute atomic E-state index is 0.0339. The number of halogens is 1. The van der Waals surface area contributed by atoms with Gasteiger partial charge in [-0.1, -0.05) is 12.1 Å². The normalized spacial score (nSPS) is 15.5. The van der Waals surface area contributed by atoms with E-state index in [1.54, 1.807) is 12.1 Å². The SMILES string of the molecule is O=C(NN=Cc1ccc(F)cc1)C1CC1. The standard InChI is InChI=1S/C11H11FN2O/c12-10-5-1-8(2-6-10)7-13-14-11(15)9-3-4-9/h1-2,5-7,9H,3-4H2,(H,14,15). The molecule has 1 N–H and O–H groups in total. The van der Waals surface area contributed by atoms with E-state index in [0.29, 0.717) is 0 Å². The molecule has 4 heteroatoms. The lowest BCUT2D eigenvalue weighted by Gasteiger charge is -1.95. The summed E-state index contributed by atoms with van der Waals surface area (Å²) < 4.78 is 12.5. The van der Waals surface area contributed by atoms with Gasteiger partial charge in [0.05, 0.1) is 6.21 Å². The summed E-state index contributed by atoms with van der Waals surface area (Å²) in [5.74, 6) is -0.169. The zero-order chi connectivity index (χ0) is 10.7. The van der Waals surface area contributed by atoms with Gasteiger partial charge < -0.3 is 0 Å². The largest absolute Gasteiger partial charge is 0.273 e. The van der Waals surface area contributed by atoms with Gasteiger partial charge in [0.15, 0.2) is 0 Å². The van der Waals surface area contributed by atoms with Gasteiger partial charge in [-0.05, 0) is 30.5 Å². The highest BCUT2D eigenvalue weighted by atomic mass is 19.1. The molecule has 0 unspecified atom stereocenters. The Morgan fingerprint density at radius 1 is 1.40 bits per heavy atom. The van der Waals surface area contributed by atoms with Crippen LogP contribution in [-0.4, -0.2) is 12.1 Å². The van der Waals surface area contributed by atoms with Crippen molar-refractivity contribution in [2.75, 3.05) is 0 Å². The quantitative estimate of drug-likeness (QED) is 0.593. The molecule has 0 spiro atoms. The molecule has 0 radical (unpaired) electrons. The van der Waals surface area contributed by atoms with Gasteiger partial charge in [0.2, 0.25) is 5.91 Å². The fourth-order valence-corrected chi connectivity index (χ4v) is 1.16. The molecular formula is C11H11FN2O. The van der Waals surface area contributed by atoms with Crippen molar-refractivity contribution in [1.29, 1.82) is 0 Å². The van der Waals surface area contributed by atoms with E-state index in [1.165, 1.54) is 18.3 Å². The monoisotopic (exact) mass is 206 g/mol. The first-order valence-corrected chi connectivity index (χ1v) is 4.84. The van der Waals surface area contributed by atoms with Crippen molar-refractivity contribution in [3.8, 4) is 0 Å². The summed E-state index contributed by atoms with van der Waals surface area (Å²) in [5.41, 5.74) is 3.20. The van der Waals surface area contributed by atoms with Crippen LogP contribution in [0.5, 0.6) is 0 Å². The van der Waals surface area contributed by atoms with Crippen LogP contribution in [0.4, 0.5) is 4.39 Å². The molecule has 1 aromatic rings. The molecule has 0 aromatic heterocycles. The van der Waals surface area contributed by atoms with E-state index >= 15 is 0 Å². The van der Waals surface area contributed by atoms with Crippen LogP contribution in [0.15, 0.2) is 29.4 Å². The maximum Gasteiger partial charge on any atom is 0.243 e. The Hall–Kier alpha value is -1.71. The van der Waals surface area contributed by atoms with Crippen molar-refractivity contribution < 1.29 is 9.18 Å². The highest BCUT2D eigenvalue weighted by Gasteiger charge is 2.29. The van der Waals surface area contributed by atoms with Crippen molar-refractivity contribution in [3.63, 3.8) is 0 Å². The van der Waals surface area contributed by atoms with Crippen LogP contribution in [-0.2, 0) is 4.79 Å². The third-order valence-electron chi connectivity index (χ3n) is 2.21. The molecule has 1 aliphatic carbocycles. The Bertz CT molecular complexity index is 382. The van der Waals surface area contributed by atoms with Gasteiger partial charge in [-0.15, -0.1) is 0 Å². The Morgan fingerprint density at radius 2 is 2.07 bits per heavy atom. The highest BCUT2D eigenvalue weighted by Crippen LogP contribution is 2.28. The summed E-state index contributed by atoms with van der Waals surface area (Å²) in [6, 6.07) is 5.90. The number of hydrazone groups is 1. The molecule has 3 nitrogen and oxygen atoms in total. The van der Waals surface area contributed by atoms with Crippen LogP contribution in [0.3, 0.4) is 0 Å². The predicted octanol–water partition coefficient (Wildman–Crippen LogP) is 1.69. The van der Waals surface area contributed by atoms with Crippen molar-refractivity contribution in [1.82, 2.24) is 5.43 Å². The number of nitrogens with one attached hydrogen (secondary N) is 1. The van der Waals surface area contributed by atoms with E-state index in [0.717, 1.165) is 18.4 Å². The second-order valence-corrected chi connectivity index (χ2v) is 3.56. The predicted molar refractivity (Wildman–Crippen MR) is 54.9 cm³/mol. The van der Waals surface area contributed by atoms with Gasteiger partial charge in [-0.2, -0.15) is 5.10 Å². The van der Waals surface area contributed by atoms with Crippen molar-refractivity contribution >= 4 is 12.1 Å². The van der Waals surface area contributed by atoms with E-state index in [-0.39, 0.29) is 17.6 Å². The molecule has 15 heavy (non-hydrogen) atoms. The van der Waals surface area contributed by atoms with Crippen LogP contribution in [0.1, 0.15) is 18.4 Å². The van der Waals surface area contributed by atoms with Crippen molar-refractivity contribution in [3.05, 3.63) is 35.6 Å². The van der Waals surface area contributed by atoms with Gasteiger partial charge in [0, 0.05) is 5.92 Å². The maximum atomic E-state index is 12.5. The fourth-order valence-electron chi connectivity index (χ4n) is 1.16. The van der Waals surface area contributed by atoms with Crippen molar-refractivity contribution in [2.45, 2.75) is 12.8 Å². The lowest BCUT2D eigenvalue weighted by molar-refractivity contribution is -0.122. The summed E-state index contributed by atoms with van der Waals surface area (Å²) >= 11 is 0. The summed E-state index contributed by atoms with van der Waals surface area (Å²) in [6.07, 6.45) is 3.41. The molecule has 1 saturated carbocycles. The van der Waals surface area contributed by atoms with Gasteiger partial charge >= 0.3 is 0 Å². The molecular weight excluding hydrogens is 195 g/mol. The number of rotatable bonds is 3. The summed E-state index contributed by atoms with van der Waals surface area (Å²) in [6.45, 7) is 0. The molecule has 1 aromatic carbocycles. The summed E-state index contributed by atoms with van der Waals surface area (Å²) in [5, 5.41) is 3.79. The van der Waals surface area contributed by atoms with E-state index in [2.05, 4.69) is 10.5 Å². The van der Waals surface area contributed by atoms with Gasteiger partial charge in [-0.3, -0.25) is 4.79 Å². The second kappa shape index (κ2) is 4.21. The zero-order valence-corrected chi connectivity index (χ0v) is 8.11. The van der Waals surface area contributed by atoms with E-state index in [9.17, 15) is 9.18 Å². The first-order valence-electron chi connectivity index (χ1n) is 4.84. The molecule has 2 rings (SSSR count). The number of hydrogen-bond acceptors (Lipinski definition) is 2. The average molecular weight is 206 g/mol. The Labute approximate surface area is 87.0 Å². The van der Waals surface area contributed by atoms with Crippen LogP contribution < -0.4 is 5.43 Å². The van der Waals surface area contributed by atoms with Gasteiger partial charge in [0.1, 0.15) is 5.82 Å². The van der Waals surface area contributed by atoms with Gasteiger partial charge in [-0.25, -0.2) is 9.82 Å². The number of hydrogen-bond donors (Lipinski definition) is 1. The van der Waals surface area contributed by atoms with E-state index in [1.807, 2.05) is 0 Å². The molecule has 1 aliphatic rings. The second-order valence-electron chi connectivity index (χ2n) is 3.56. The first kappa shape index (κ1) is 9.83. The Kier molecular flexibility index (Phi) is 2.76. The Balaban J connectivity index is 1.87. The molecule has 1 fully saturated rings. The van der Waals surface area contributed by atoms with Crippen LogP contribution in [0.2, 0.25) is 0 Å². The molecule has 0 heterocycles. The van der Waals surface area contributed by atoms with Crippen molar-refractivity contribution in [2.24, 2.45) is 11.0 Å². The molecule has 0 atom stereocenters. The molecule has 0 bridgehead atoms. The lowest BCUT2D eigenvalue weighted by atomic mass is 10.2. The Morgan fingerprint density at radius 3 is 2.67 bits per heavy atom. The average Bonchev–Trinajstić information content (AvgIpc) is 3.04. The minimum Gasteiger partial charge on any atom is -0.273 e. The molecule has 78 valence electrons. The van der Waals surface area contributed by atoms with Gasteiger partial charge in [0.25, 0.3) is 0 Å². The molecule has 1 amide bonds. The zero-order valence-electron chi connectivity index (χ0n) is 8.11. The number of carbonyl (C=O) groups is 1. The topological polar surface area (TPSA) is 41.5 Å². The number of nitrogens with zero attached hydrogens (tertiary/aromatic N) is 1. The number of carbonyl (C=O) groups excluding carboxylic acids is 1.